The highest BCUT2D eigenvalue weighted by molar-refractivity contribution is 7.10. The smallest absolute Gasteiger partial charge is 0.0957 e. The van der Waals surface area contributed by atoms with E-state index in [2.05, 4.69) is 32.5 Å². The lowest BCUT2D eigenvalue weighted by molar-refractivity contribution is 0.0404. The van der Waals surface area contributed by atoms with Crippen molar-refractivity contribution in [2.45, 2.75) is 50.3 Å². The molecule has 0 spiro atoms. The summed E-state index contributed by atoms with van der Waals surface area (Å²) in [5.41, 5.74) is 3.80. The van der Waals surface area contributed by atoms with Crippen molar-refractivity contribution in [2.75, 3.05) is 6.54 Å². The number of piperidine rings is 1. The summed E-state index contributed by atoms with van der Waals surface area (Å²) in [5, 5.41) is 13.1. The van der Waals surface area contributed by atoms with Gasteiger partial charge in [-0.25, -0.2) is 4.98 Å². The van der Waals surface area contributed by atoms with Crippen LogP contribution in [0.2, 0.25) is 0 Å². The van der Waals surface area contributed by atoms with Gasteiger partial charge in [0.25, 0.3) is 0 Å². The number of nitrogens with zero attached hydrogens (tertiary/aromatic N) is 3. The van der Waals surface area contributed by atoms with Gasteiger partial charge in [-0.2, -0.15) is 0 Å². The Hall–Kier alpha value is -1.59. The quantitative estimate of drug-likeness (QED) is 0.926. The van der Waals surface area contributed by atoms with Gasteiger partial charge in [0.2, 0.25) is 0 Å². The molecule has 0 amide bonds. The molecule has 4 nitrogen and oxygen atoms in total. The zero-order valence-corrected chi connectivity index (χ0v) is 14.6. The van der Waals surface area contributed by atoms with Gasteiger partial charge in [0.1, 0.15) is 0 Å². The lowest BCUT2D eigenvalue weighted by atomic mass is 9.84. The van der Waals surface area contributed by atoms with Crippen LogP contribution in [0.3, 0.4) is 0 Å². The second-order valence-corrected chi connectivity index (χ2v) is 8.39. The number of hydrogen-bond acceptors (Lipinski definition) is 4. The van der Waals surface area contributed by atoms with E-state index in [1.807, 2.05) is 12.5 Å². The van der Waals surface area contributed by atoms with Gasteiger partial charge in [-0.05, 0) is 49.5 Å². The van der Waals surface area contributed by atoms with E-state index in [0.717, 1.165) is 32.2 Å². The van der Waals surface area contributed by atoms with E-state index in [1.165, 1.54) is 28.3 Å². The lowest BCUT2D eigenvalue weighted by Crippen LogP contribution is -2.41. The van der Waals surface area contributed by atoms with Gasteiger partial charge in [0, 0.05) is 28.7 Å². The normalized spacial score (nSPS) is 29.5. The fourth-order valence-corrected chi connectivity index (χ4v) is 5.94. The largest absolute Gasteiger partial charge is 0.393 e. The highest BCUT2D eigenvalue weighted by Crippen LogP contribution is 2.46. The monoisotopic (exact) mass is 341 g/mol. The Morgan fingerprint density at radius 2 is 2.33 bits per heavy atom. The molecule has 2 saturated heterocycles. The van der Waals surface area contributed by atoms with E-state index < -0.39 is 0 Å². The van der Waals surface area contributed by atoms with Gasteiger partial charge >= 0.3 is 0 Å². The summed E-state index contributed by atoms with van der Waals surface area (Å²) < 4.78 is 2.25. The van der Waals surface area contributed by atoms with Crippen LogP contribution in [-0.2, 0) is 0 Å². The number of imidazole rings is 1. The predicted octanol–water partition coefficient (Wildman–Crippen LogP) is 3.65. The summed E-state index contributed by atoms with van der Waals surface area (Å²) in [6, 6.07) is 3.04. The number of fused-ring (bicyclic) bond motifs is 4. The standard InChI is InChI=1S/C19H23N3OS/c1-12-2-3-14-8-13(4-6-21(12)14)18(23)9-16-19-15(5-7-24-19)17-10-20-11-22(16)17/h5,7,10-11,13-14,16,18,23H,1-4,6,8-9H2/t13-,14-,16-,18+/m0/s1. The van der Waals surface area contributed by atoms with Crippen LogP contribution in [0, 0.1) is 5.92 Å². The third-order valence-electron chi connectivity index (χ3n) is 6.21. The van der Waals surface area contributed by atoms with Crippen molar-refractivity contribution in [1.29, 1.82) is 0 Å². The first-order valence-corrected chi connectivity index (χ1v) is 9.82. The molecule has 2 fully saturated rings. The molecule has 0 radical (unpaired) electrons. The number of aliphatic hydroxyl groups excluding tert-OH is 1. The summed E-state index contributed by atoms with van der Waals surface area (Å²) in [7, 11) is 0. The molecule has 5 heteroatoms. The molecule has 1 N–H and O–H groups in total. The van der Waals surface area contributed by atoms with Crippen molar-refractivity contribution in [1.82, 2.24) is 14.5 Å². The summed E-state index contributed by atoms with van der Waals surface area (Å²) in [4.78, 5) is 8.18. The second-order valence-electron chi connectivity index (χ2n) is 7.44. The van der Waals surface area contributed by atoms with E-state index in [1.54, 1.807) is 11.3 Å². The zero-order valence-electron chi connectivity index (χ0n) is 13.8. The summed E-state index contributed by atoms with van der Waals surface area (Å²) in [6.07, 6.45) is 8.96. The van der Waals surface area contributed by atoms with Gasteiger partial charge < -0.3 is 14.6 Å². The van der Waals surface area contributed by atoms with Gasteiger partial charge in [0.05, 0.1) is 30.4 Å². The lowest BCUT2D eigenvalue weighted by Gasteiger charge is -2.39. The molecule has 0 saturated carbocycles. The van der Waals surface area contributed by atoms with Crippen LogP contribution < -0.4 is 0 Å². The Labute approximate surface area is 146 Å². The fourth-order valence-electron chi connectivity index (χ4n) is 4.92. The Balaban J connectivity index is 1.33. The molecule has 0 bridgehead atoms. The van der Waals surface area contributed by atoms with Crippen LogP contribution >= 0.6 is 11.3 Å². The molecule has 0 aromatic carbocycles. The van der Waals surface area contributed by atoms with E-state index in [4.69, 9.17) is 0 Å². The summed E-state index contributed by atoms with van der Waals surface area (Å²) in [6.45, 7) is 5.25. The van der Waals surface area contributed by atoms with Gasteiger partial charge in [0.15, 0.2) is 0 Å². The van der Waals surface area contributed by atoms with Crippen molar-refractivity contribution < 1.29 is 5.11 Å². The van der Waals surface area contributed by atoms with Crippen LogP contribution in [0.25, 0.3) is 11.3 Å². The summed E-state index contributed by atoms with van der Waals surface area (Å²) in [5.74, 6) is 0.410. The van der Waals surface area contributed by atoms with Gasteiger partial charge in [-0.3, -0.25) is 0 Å². The number of hydrogen-bond donors (Lipinski definition) is 1. The number of aliphatic hydroxyl groups is 1. The molecular formula is C19H23N3OS. The number of aromatic nitrogens is 2. The molecule has 24 heavy (non-hydrogen) atoms. The van der Waals surface area contributed by atoms with E-state index in [9.17, 15) is 5.11 Å². The van der Waals surface area contributed by atoms with Crippen LogP contribution in [0.4, 0.5) is 0 Å². The van der Waals surface area contributed by atoms with Gasteiger partial charge in [-0.15, -0.1) is 11.3 Å². The average Bonchev–Trinajstić information content (AvgIpc) is 3.33. The maximum absolute atomic E-state index is 11.0. The van der Waals surface area contributed by atoms with Gasteiger partial charge in [-0.1, -0.05) is 6.58 Å². The molecule has 5 heterocycles. The van der Waals surface area contributed by atoms with Crippen molar-refractivity contribution >= 4 is 11.3 Å². The molecule has 5 rings (SSSR count). The Kier molecular flexibility index (Phi) is 3.35. The number of thiophene rings is 1. The SMILES string of the molecule is C=C1CC[C@H]2C[C@@H]([C@H](O)C[C@H]3c4sccc4-c4cncn43)CCN12. The average molecular weight is 341 g/mol. The Morgan fingerprint density at radius 3 is 3.25 bits per heavy atom. The zero-order chi connectivity index (χ0) is 16.3. The van der Waals surface area contributed by atoms with Crippen molar-refractivity contribution in [3.63, 3.8) is 0 Å². The number of allylic oxidation sites excluding steroid dienone is 1. The molecule has 126 valence electrons. The Bertz CT molecular complexity index is 739. The first-order valence-electron chi connectivity index (χ1n) is 8.94. The molecule has 0 unspecified atom stereocenters. The molecule has 3 aliphatic heterocycles. The third kappa shape index (κ3) is 2.11. The molecule has 2 aromatic rings. The first kappa shape index (κ1) is 14.7. The van der Waals surface area contributed by atoms with Crippen LogP contribution in [0.15, 0.2) is 36.2 Å². The fraction of sp³-hybridized carbons (Fsp3) is 0.526. The molecule has 3 aliphatic rings. The van der Waals surface area contributed by atoms with Crippen LogP contribution in [-0.4, -0.2) is 38.2 Å². The van der Waals surface area contributed by atoms with Crippen molar-refractivity contribution in [3.05, 3.63) is 41.1 Å². The van der Waals surface area contributed by atoms with Crippen molar-refractivity contribution in [2.24, 2.45) is 5.92 Å². The maximum Gasteiger partial charge on any atom is 0.0957 e. The van der Waals surface area contributed by atoms with E-state index in [0.29, 0.717) is 12.0 Å². The van der Waals surface area contributed by atoms with E-state index >= 15 is 0 Å². The molecule has 2 aromatic heterocycles. The summed E-state index contributed by atoms with van der Waals surface area (Å²) >= 11 is 1.81. The van der Waals surface area contributed by atoms with Crippen molar-refractivity contribution in [3.8, 4) is 11.3 Å². The first-order chi connectivity index (χ1) is 11.7. The maximum atomic E-state index is 11.0. The molecule has 4 atom stereocenters. The van der Waals surface area contributed by atoms with Crippen LogP contribution in [0.1, 0.15) is 43.0 Å². The Morgan fingerprint density at radius 1 is 1.42 bits per heavy atom. The highest BCUT2D eigenvalue weighted by atomic mass is 32.1. The topological polar surface area (TPSA) is 41.3 Å². The predicted molar refractivity (Wildman–Crippen MR) is 95.9 cm³/mol. The third-order valence-corrected chi connectivity index (χ3v) is 7.23. The minimum Gasteiger partial charge on any atom is -0.393 e. The molecule has 0 aliphatic carbocycles. The number of rotatable bonds is 3. The molecular weight excluding hydrogens is 318 g/mol. The minimum atomic E-state index is -0.241. The second kappa shape index (κ2) is 5.46. The van der Waals surface area contributed by atoms with Crippen LogP contribution in [0.5, 0.6) is 0 Å². The highest BCUT2D eigenvalue weighted by Gasteiger charge is 2.38. The minimum absolute atomic E-state index is 0.241. The van der Waals surface area contributed by atoms with E-state index in [-0.39, 0.29) is 12.1 Å².